The van der Waals surface area contributed by atoms with Crippen LogP contribution in [0.4, 0.5) is 11.4 Å². The van der Waals surface area contributed by atoms with E-state index in [-0.39, 0.29) is 5.91 Å². The van der Waals surface area contributed by atoms with Gasteiger partial charge in [0, 0.05) is 37.6 Å². The highest BCUT2D eigenvalue weighted by atomic mass is 32.1. The molecule has 0 unspecified atom stereocenters. The minimum Gasteiger partial charge on any atom is -0.369 e. The Kier molecular flexibility index (Phi) is 5.24. The molecule has 5 nitrogen and oxygen atoms in total. The van der Waals surface area contributed by atoms with Crippen molar-refractivity contribution in [2.24, 2.45) is 0 Å². The summed E-state index contributed by atoms with van der Waals surface area (Å²) < 4.78 is 0. The molecule has 1 aliphatic heterocycles. The number of piperazine rings is 1. The van der Waals surface area contributed by atoms with Gasteiger partial charge in [-0.3, -0.25) is 4.79 Å². The molecule has 0 atom stereocenters. The van der Waals surface area contributed by atoms with E-state index in [1.54, 1.807) is 11.3 Å². The van der Waals surface area contributed by atoms with Gasteiger partial charge in [-0.05, 0) is 49.7 Å². The van der Waals surface area contributed by atoms with Crippen molar-refractivity contribution >= 4 is 40.0 Å². The molecule has 0 aliphatic carbocycles. The monoisotopic (exact) mass is 398 g/mol. The van der Waals surface area contributed by atoms with Crippen molar-refractivity contribution < 1.29 is 4.79 Å². The summed E-state index contributed by atoms with van der Waals surface area (Å²) in [6.07, 6.45) is 0. The lowest BCUT2D eigenvalue weighted by atomic mass is 10.2. The quantitative estimate of drug-likeness (QED) is 0.716. The molecular formula is C20H22N4OS2. The minimum atomic E-state index is -0.0971. The Labute approximate surface area is 167 Å². The van der Waals surface area contributed by atoms with Crippen LogP contribution in [-0.2, 0) is 0 Å². The molecule has 1 N–H and O–H groups in total. The fourth-order valence-electron chi connectivity index (χ4n) is 3.12. The average Bonchev–Trinajstić information content (AvgIpc) is 3.33. The van der Waals surface area contributed by atoms with Gasteiger partial charge in [0.15, 0.2) is 0 Å². The van der Waals surface area contributed by atoms with Gasteiger partial charge in [0.1, 0.15) is 9.88 Å². The summed E-state index contributed by atoms with van der Waals surface area (Å²) in [4.78, 5) is 23.7. The number of thiazole rings is 1. The van der Waals surface area contributed by atoms with Crippen molar-refractivity contribution in [3.05, 3.63) is 52.3 Å². The maximum atomic E-state index is 12.7. The number of anilines is 2. The molecule has 2 aromatic heterocycles. The van der Waals surface area contributed by atoms with E-state index in [1.807, 2.05) is 36.6 Å². The highest BCUT2D eigenvalue weighted by Crippen LogP contribution is 2.31. The summed E-state index contributed by atoms with van der Waals surface area (Å²) in [5, 5.41) is 5.93. The number of aromatic nitrogens is 1. The molecule has 3 heterocycles. The number of rotatable bonds is 4. The van der Waals surface area contributed by atoms with Crippen LogP contribution in [-0.4, -0.2) is 49.0 Å². The van der Waals surface area contributed by atoms with Gasteiger partial charge in [-0.25, -0.2) is 4.98 Å². The predicted molar refractivity (Wildman–Crippen MR) is 114 cm³/mol. The van der Waals surface area contributed by atoms with Crippen LogP contribution in [0.1, 0.15) is 15.4 Å². The number of carbonyl (C=O) groups excluding carboxylic acids is 1. The summed E-state index contributed by atoms with van der Waals surface area (Å²) in [6.45, 7) is 6.12. The summed E-state index contributed by atoms with van der Waals surface area (Å²) in [5.41, 5.74) is 2.79. The highest BCUT2D eigenvalue weighted by Gasteiger charge is 2.18. The maximum absolute atomic E-state index is 12.7. The molecule has 0 spiro atoms. The van der Waals surface area contributed by atoms with Crippen molar-refractivity contribution in [3.63, 3.8) is 0 Å². The molecule has 1 aliphatic rings. The van der Waals surface area contributed by atoms with Gasteiger partial charge >= 0.3 is 0 Å². The fourth-order valence-corrected chi connectivity index (χ4v) is 4.88. The SMILES string of the molecule is Cc1nc(-c2cccs2)sc1C(=O)Nc1ccc(N2CCN(C)CC2)cc1. The lowest BCUT2D eigenvalue weighted by molar-refractivity contribution is 0.103. The Morgan fingerprint density at radius 3 is 2.52 bits per heavy atom. The number of nitrogens with zero attached hydrogens (tertiary/aromatic N) is 3. The topological polar surface area (TPSA) is 48.5 Å². The van der Waals surface area contributed by atoms with Gasteiger partial charge < -0.3 is 15.1 Å². The number of likely N-dealkylation sites (N-methyl/N-ethyl adjacent to an activating group) is 1. The number of hydrogen-bond acceptors (Lipinski definition) is 6. The van der Waals surface area contributed by atoms with E-state index < -0.39 is 0 Å². The molecular weight excluding hydrogens is 376 g/mol. The number of aryl methyl sites for hydroxylation is 1. The zero-order valence-electron chi connectivity index (χ0n) is 15.4. The second-order valence-corrected chi connectivity index (χ2v) is 8.65. The second kappa shape index (κ2) is 7.80. The molecule has 3 aromatic rings. The molecule has 4 rings (SSSR count). The molecule has 1 aromatic carbocycles. The van der Waals surface area contributed by atoms with Crippen molar-refractivity contribution in [2.45, 2.75) is 6.92 Å². The van der Waals surface area contributed by atoms with E-state index in [0.717, 1.165) is 47.4 Å². The largest absolute Gasteiger partial charge is 0.369 e. The van der Waals surface area contributed by atoms with E-state index in [9.17, 15) is 4.79 Å². The van der Waals surface area contributed by atoms with Gasteiger partial charge in [0.25, 0.3) is 5.91 Å². The third-order valence-corrected chi connectivity index (χ3v) is 6.92. The first kappa shape index (κ1) is 18.2. The zero-order valence-corrected chi connectivity index (χ0v) is 17.1. The summed E-state index contributed by atoms with van der Waals surface area (Å²) in [6, 6.07) is 12.1. The van der Waals surface area contributed by atoms with Crippen LogP contribution in [0.25, 0.3) is 9.88 Å². The third kappa shape index (κ3) is 4.05. The van der Waals surface area contributed by atoms with Gasteiger partial charge in [-0.15, -0.1) is 22.7 Å². The van der Waals surface area contributed by atoms with Crippen LogP contribution < -0.4 is 10.2 Å². The lowest BCUT2D eigenvalue weighted by Gasteiger charge is -2.34. The molecule has 27 heavy (non-hydrogen) atoms. The van der Waals surface area contributed by atoms with Gasteiger partial charge in [-0.1, -0.05) is 6.07 Å². The Hall–Kier alpha value is -2.22. The molecule has 1 saturated heterocycles. The smallest absolute Gasteiger partial charge is 0.267 e. The van der Waals surface area contributed by atoms with Crippen LogP contribution in [0.15, 0.2) is 41.8 Å². The first-order valence-corrected chi connectivity index (χ1v) is 10.7. The highest BCUT2D eigenvalue weighted by molar-refractivity contribution is 7.22. The number of nitrogens with one attached hydrogen (secondary N) is 1. The van der Waals surface area contributed by atoms with Crippen LogP contribution in [0.5, 0.6) is 0 Å². The van der Waals surface area contributed by atoms with Crippen molar-refractivity contribution in [2.75, 3.05) is 43.4 Å². The second-order valence-electron chi connectivity index (χ2n) is 6.70. The van der Waals surface area contributed by atoms with E-state index in [0.29, 0.717) is 4.88 Å². The Bertz CT molecular complexity index is 910. The average molecular weight is 399 g/mol. The van der Waals surface area contributed by atoms with Crippen molar-refractivity contribution in [1.29, 1.82) is 0 Å². The molecule has 1 fully saturated rings. The van der Waals surface area contributed by atoms with Crippen molar-refractivity contribution in [3.8, 4) is 9.88 Å². The number of benzene rings is 1. The van der Waals surface area contributed by atoms with Crippen LogP contribution in [0.2, 0.25) is 0 Å². The number of hydrogen-bond donors (Lipinski definition) is 1. The summed E-state index contributed by atoms with van der Waals surface area (Å²) in [7, 11) is 2.15. The minimum absolute atomic E-state index is 0.0971. The van der Waals surface area contributed by atoms with E-state index in [2.05, 4.69) is 39.3 Å². The maximum Gasteiger partial charge on any atom is 0.267 e. The van der Waals surface area contributed by atoms with E-state index >= 15 is 0 Å². The first-order chi connectivity index (χ1) is 13.1. The number of carbonyl (C=O) groups is 1. The molecule has 7 heteroatoms. The lowest BCUT2D eigenvalue weighted by Crippen LogP contribution is -2.44. The standard InChI is InChI=1S/C20H22N4OS2/c1-14-18(27-20(21-14)17-4-3-13-26-17)19(25)22-15-5-7-16(8-6-15)24-11-9-23(2)10-12-24/h3-8,13H,9-12H2,1-2H3,(H,22,25). The van der Waals surface area contributed by atoms with Gasteiger partial charge in [-0.2, -0.15) is 0 Å². The Balaban J connectivity index is 1.44. The first-order valence-electron chi connectivity index (χ1n) is 8.96. The predicted octanol–water partition coefficient (Wildman–Crippen LogP) is 4.18. The van der Waals surface area contributed by atoms with E-state index in [1.165, 1.54) is 17.0 Å². The van der Waals surface area contributed by atoms with E-state index in [4.69, 9.17) is 0 Å². The summed E-state index contributed by atoms with van der Waals surface area (Å²) in [5.74, 6) is -0.0971. The van der Waals surface area contributed by atoms with Crippen molar-refractivity contribution in [1.82, 2.24) is 9.88 Å². The third-order valence-electron chi connectivity index (χ3n) is 4.73. The van der Waals surface area contributed by atoms with Gasteiger partial charge in [0.05, 0.1) is 10.6 Å². The Morgan fingerprint density at radius 1 is 1.11 bits per heavy atom. The van der Waals surface area contributed by atoms with Crippen LogP contribution >= 0.6 is 22.7 Å². The Morgan fingerprint density at radius 2 is 1.85 bits per heavy atom. The number of amides is 1. The molecule has 0 bridgehead atoms. The van der Waals surface area contributed by atoms with Crippen LogP contribution in [0, 0.1) is 6.92 Å². The van der Waals surface area contributed by atoms with Crippen LogP contribution in [0.3, 0.4) is 0 Å². The molecule has 0 saturated carbocycles. The van der Waals surface area contributed by atoms with Gasteiger partial charge in [0.2, 0.25) is 0 Å². The molecule has 140 valence electrons. The molecule has 0 radical (unpaired) electrons. The fraction of sp³-hybridized carbons (Fsp3) is 0.300. The summed E-state index contributed by atoms with van der Waals surface area (Å²) >= 11 is 3.08. The molecule has 1 amide bonds. The number of thiophene rings is 1. The zero-order chi connectivity index (χ0) is 18.8. The normalized spacial score (nSPS) is 15.1.